The lowest BCUT2D eigenvalue weighted by Crippen LogP contribution is -3.14. The second-order valence-corrected chi connectivity index (χ2v) is 9.85. The zero-order valence-electron chi connectivity index (χ0n) is 18.9. The van der Waals surface area contributed by atoms with Crippen LogP contribution in [0.15, 0.2) is 48.5 Å². The number of carbonyl (C=O) groups is 2. The van der Waals surface area contributed by atoms with E-state index in [-0.39, 0.29) is 24.4 Å². The Bertz CT molecular complexity index is 1230. The first-order chi connectivity index (χ1) is 16.6. The van der Waals surface area contributed by atoms with Crippen LogP contribution in [0, 0.1) is 0 Å². The fraction of sp³-hybridized carbons (Fsp3) is 0.385. The maximum atomic E-state index is 13.7. The number of piperazine rings is 1. The quantitative estimate of drug-likeness (QED) is 0.594. The molecule has 3 aromatic rings. The van der Waals surface area contributed by atoms with Gasteiger partial charge in [-0.1, -0.05) is 41.9 Å². The number of quaternary nitrogens is 1. The molecule has 176 valence electrons. The Morgan fingerprint density at radius 1 is 1.06 bits per heavy atom. The van der Waals surface area contributed by atoms with Crippen LogP contribution < -0.4 is 4.90 Å². The first-order valence-electron chi connectivity index (χ1n) is 12.0. The highest BCUT2D eigenvalue weighted by atomic mass is 35.5. The van der Waals surface area contributed by atoms with Gasteiger partial charge in [-0.3, -0.25) is 9.59 Å². The number of benzene rings is 2. The Hall–Kier alpha value is -2.87. The lowest BCUT2D eigenvalue weighted by Gasteiger charge is -2.47. The largest absolute Gasteiger partial charge is 0.370 e. The van der Waals surface area contributed by atoms with Crippen molar-refractivity contribution in [1.29, 1.82) is 0 Å². The van der Waals surface area contributed by atoms with Crippen LogP contribution >= 0.6 is 11.6 Å². The number of aromatic nitrogens is 1. The number of nitrogens with one attached hydrogen (secondary N) is 2. The van der Waals surface area contributed by atoms with Crippen LogP contribution in [0.1, 0.15) is 22.9 Å². The van der Waals surface area contributed by atoms with Crippen molar-refractivity contribution in [2.24, 2.45) is 0 Å². The fourth-order valence-electron chi connectivity index (χ4n) is 5.71. The van der Waals surface area contributed by atoms with Gasteiger partial charge in [0.05, 0.1) is 32.3 Å². The molecule has 2 fully saturated rings. The first-order valence-corrected chi connectivity index (χ1v) is 12.3. The van der Waals surface area contributed by atoms with Crippen molar-refractivity contribution < 1.29 is 19.2 Å². The van der Waals surface area contributed by atoms with Gasteiger partial charge in [0, 0.05) is 28.0 Å². The van der Waals surface area contributed by atoms with Gasteiger partial charge in [0.2, 0.25) is 11.8 Å². The summed E-state index contributed by atoms with van der Waals surface area (Å²) < 4.78 is 5.45. The number of para-hydroxylation sites is 1. The van der Waals surface area contributed by atoms with Crippen molar-refractivity contribution in [1.82, 2.24) is 14.8 Å². The van der Waals surface area contributed by atoms with Crippen LogP contribution in [0.25, 0.3) is 10.9 Å². The summed E-state index contributed by atoms with van der Waals surface area (Å²) in [5, 5.41) is 1.76. The number of fused-ring (bicyclic) bond motifs is 4. The number of aromatic amines is 1. The number of H-pyrrole nitrogens is 1. The van der Waals surface area contributed by atoms with E-state index >= 15 is 0 Å². The summed E-state index contributed by atoms with van der Waals surface area (Å²) in [4.78, 5) is 35.9. The standard InChI is InChI=1S/C26H27ClN4O3/c27-18-7-5-17(6-8-18)25-24-20(19-3-1-2-4-21(19)28-24)15-22-26(33)30(16-23(32)31(22)25)10-9-29-11-13-34-14-12-29/h1-8,22,25,28H,9-16H2/p+1/t22-,25-/m0/s1. The Morgan fingerprint density at radius 2 is 1.82 bits per heavy atom. The molecule has 3 aliphatic rings. The molecule has 2 atom stereocenters. The molecule has 2 saturated heterocycles. The molecule has 8 heteroatoms. The maximum Gasteiger partial charge on any atom is 0.246 e. The Balaban J connectivity index is 1.37. The van der Waals surface area contributed by atoms with Gasteiger partial charge >= 0.3 is 0 Å². The van der Waals surface area contributed by atoms with Crippen molar-refractivity contribution in [3.8, 4) is 0 Å². The zero-order chi connectivity index (χ0) is 23.2. The number of amides is 2. The van der Waals surface area contributed by atoms with Crippen LogP contribution in [-0.4, -0.2) is 78.6 Å². The van der Waals surface area contributed by atoms with E-state index < -0.39 is 6.04 Å². The van der Waals surface area contributed by atoms with Crippen molar-refractivity contribution in [3.05, 3.63) is 70.4 Å². The number of hydrogen-bond donors (Lipinski definition) is 2. The average molecular weight is 480 g/mol. The molecular formula is C26H28ClN4O3+. The minimum absolute atomic E-state index is 0.00849. The molecule has 1 aromatic heterocycles. The molecule has 0 radical (unpaired) electrons. The third-order valence-corrected chi connectivity index (χ3v) is 7.72. The minimum Gasteiger partial charge on any atom is -0.370 e. The van der Waals surface area contributed by atoms with E-state index in [9.17, 15) is 9.59 Å². The van der Waals surface area contributed by atoms with Crippen LogP contribution in [-0.2, 0) is 20.7 Å². The lowest BCUT2D eigenvalue weighted by atomic mass is 9.86. The maximum absolute atomic E-state index is 13.7. The summed E-state index contributed by atoms with van der Waals surface area (Å²) in [7, 11) is 0. The van der Waals surface area contributed by atoms with Crippen molar-refractivity contribution in [2.75, 3.05) is 45.9 Å². The van der Waals surface area contributed by atoms with E-state index in [0.717, 1.165) is 60.6 Å². The Kier molecular flexibility index (Phi) is 5.56. The molecule has 2 N–H and O–H groups in total. The van der Waals surface area contributed by atoms with Gasteiger partial charge in [0.15, 0.2) is 0 Å². The number of rotatable bonds is 4. The molecule has 7 nitrogen and oxygen atoms in total. The highest BCUT2D eigenvalue weighted by Crippen LogP contribution is 2.42. The molecule has 0 spiro atoms. The summed E-state index contributed by atoms with van der Waals surface area (Å²) in [5.41, 5.74) is 4.10. The summed E-state index contributed by atoms with van der Waals surface area (Å²) >= 11 is 6.16. The van der Waals surface area contributed by atoms with Crippen LogP contribution in [0.2, 0.25) is 5.02 Å². The molecule has 4 heterocycles. The van der Waals surface area contributed by atoms with Gasteiger partial charge in [-0.2, -0.15) is 0 Å². The van der Waals surface area contributed by atoms with E-state index in [1.807, 2.05) is 42.5 Å². The van der Waals surface area contributed by atoms with Gasteiger partial charge < -0.3 is 24.4 Å². The molecule has 0 bridgehead atoms. The van der Waals surface area contributed by atoms with Crippen molar-refractivity contribution in [2.45, 2.75) is 18.5 Å². The highest BCUT2D eigenvalue weighted by molar-refractivity contribution is 6.30. The Labute approximate surface area is 203 Å². The van der Waals surface area contributed by atoms with Crippen molar-refractivity contribution in [3.63, 3.8) is 0 Å². The number of hydrogen-bond acceptors (Lipinski definition) is 3. The first kappa shape index (κ1) is 21.6. The summed E-state index contributed by atoms with van der Waals surface area (Å²) in [6.45, 7) is 4.96. The van der Waals surface area contributed by atoms with Crippen LogP contribution in [0.5, 0.6) is 0 Å². The predicted molar refractivity (Wildman–Crippen MR) is 129 cm³/mol. The van der Waals surface area contributed by atoms with Crippen LogP contribution in [0.4, 0.5) is 0 Å². The molecular weight excluding hydrogens is 452 g/mol. The summed E-state index contributed by atoms with van der Waals surface area (Å²) in [5.74, 6) is 0.0352. The fourth-order valence-corrected chi connectivity index (χ4v) is 5.83. The average Bonchev–Trinajstić information content (AvgIpc) is 3.24. The molecule has 6 rings (SSSR count). The van der Waals surface area contributed by atoms with Gasteiger partial charge in [0.25, 0.3) is 0 Å². The van der Waals surface area contributed by atoms with Gasteiger partial charge in [-0.25, -0.2) is 0 Å². The highest BCUT2D eigenvalue weighted by Gasteiger charge is 2.48. The zero-order valence-corrected chi connectivity index (χ0v) is 19.7. The molecule has 34 heavy (non-hydrogen) atoms. The molecule has 3 aliphatic heterocycles. The number of carbonyl (C=O) groups excluding carboxylic acids is 2. The SMILES string of the molecule is O=C1[C@@H]2Cc3c([nH]c4ccccc34)[C@H](c3ccc(Cl)cc3)N2C(=O)CN1CC[NH+]1CCOCC1. The summed E-state index contributed by atoms with van der Waals surface area (Å²) in [6.07, 6.45) is 0.523. The van der Waals surface area contributed by atoms with E-state index in [4.69, 9.17) is 16.3 Å². The lowest BCUT2D eigenvalue weighted by molar-refractivity contribution is -0.907. The molecule has 0 saturated carbocycles. The molecule has 0 aliphatic carbocycles. The van der Waals surface area contributed by atoms with E-state index in [2.05, 4.69) is 11.1 Å². The van der Waals surface area contributed by atoms with E-state index in [1.54, 1.807) is 9.80 Å². The van der Waals surface area contributed by atoms with Crippen LogP contribution in [0.3, 0.4) is 0 Å². The normalized spacial score (nSPS) is 23.3. The second kappa shape index (κ2) is 8.73. The minimum atomic E-state index is -0.506. The second-order valence-electron chi connectivity index (χ2n) is 9.41. The van der Waals surface area contributed by atoms with E-state index in [1.165, 1.54) is 4.90 Å². The van der Waals surface area contributed by atoms with Gasteiger partial charge in [0.1, 0.15) is 25.7 Å². The number of nitrogens with zero attached hydrogens (tertiary/aromatic N) is 2. The number of halogens is 1. The molecule has 0 unspecified atom stereocenters. The number of morpholine rings is 1. The number of ether oxygens (including phenoxy) is 1. The Morgan fingerprint density at radius 3 is 2.62 bits per heavy atom. The van der Waals surface area contributed by atoms with Gasteiger partial charge in [-0.05, 0) is 29.3 Å². The molecule has 2 amide bonds. The monoisotopic (exact) mass is 479 g/mol. The van der Waals surface area contributed by atoms with E-state index in [0.29, 0.717) is 18.0 Å². The topological polar surface area (TPSA) is 70.1 Å². The third-order valence-electron chi connectivity index (χ3n) is 7.46. The predicted octanol–water partition coefficient (Wildman–Crippen LogP) is 1.42. The third kappa shape index (κ3) is 3.68. The smallest absolute Gasteiger partial charge is 0.246 e. The van der Waals surface area contributed by atoms with Gasteiger partial charge in [-0.15, -0.1) is 0 Å². The van der Waals surface area contributed by atoms with Crippen molar-refractivity contribution >= 4 is 34.3 Å². The molecule has 2 aromatic carbocycles. The summed E-state index contributed by atoms with van der Waals surface area (Å²) in [6, 6.07) is 14.9.